The van der Waals surface area contributed by atoms with E-state index in [1.54, 1.807) is 23.1 Å². The van der Waals surface area contributed by atoms with Crippen LogP contribution in [0.15, 0.2) is 77.3 Å². The van der Waals surface area contributed by atoms with Gasteiger partial charge in [0.05, 0.1) is 18.2 Å². The molecule has 1 amide bonds. The molecule has 0 bridgehead atoms. The lowest BCUT2D eigenvalue weighted by molar-refractivity contribution is -0.113. The molecule has 1 aliphatic heterocycles. The number of hydrogen-bond donors (Lipinski definition) is 2. The van der Waals surface area contributed by atoms with Gasteiger partial charge in [0.25, 0.3) is 5.91 Å². The molecule has 1 aliphatic rings. The van der Waals surface area contributed by atoms with Gasteiger partial charge < -0.3 is 15.4 Å². The molecular formula is C25H23N5O2S. The van der Waals surface area contributed by atoms with Crippen molar-refractivity contribution in [1.82, 2.24) is 14.8 Å². The van der Waals surface area contributed by atoms with Crippen LogP contribution in [0.3, 0.4) is 0 Å². The van der Waals surface area contributed by atoms with E-state index in [1.807, 2.05) is 73.8 Å². The summed E-state index contributed by atoms with van der Waals surface area (Å²) in [5.74, 6) is 1.63. The number of thiophene rings is 1. The van der Waals surface area contributed by atoms with Crippen molar-refractivity contribution in [3.05, 3.63) is 87.8 Å². The van der Waals surface area contributed by atoms with Gasteiger partial charge in [-0.15, -0.1) is 16.4 Å². The monoisotopic (exact) mass is 457 g/mol. The number of aryl methyl sites for hydroxylation is 1. The number of hydrogen-bond acceptors (Lipinski definition) is 6. The molecule has 0 radical (unpaired) electrons. The second kappa shape index (κ2) is 8.55. The van der Waals surface area contributed by atoms with Gasteiger partial charge in [0.2, 0.25) is 5.95 Å². The van der Waals surface area contributed by atoms with Crippen molar-refractivity contribution in [2.75, 3.05) is 17.7 Å². The van der Waals surface area contributed by atoms with Gasteiger partial charge in [-0.2, -0.15) is 4.98 Å². The summed E-state index contributed by atoms with van der Waals surface area (Å²) < 4.78 is 7.31. The van der Waals surface area contributed by atoms with Crippen LogP contribution in [0.5, 0.6) is 5.75 Å². The van der Waals surface area contributed by atoms with Crippen LogP contribution in [-0.4, -0.2) is 27.8 Å². The minimum Gasteiger partial charge on any atom is -0.496 e. The molecule has 0 spiro atoms. The third-order valence-corrected chi connectivity index (χ3v) is 6.70. The number of carbonyl (C=O) groups excluding carboxylic acids is 1. The van der Waals surface area contributed by atoms with E-state index in [-0.39, 0.29) is 5.91 Å². The Morgan fingerprint density at radius 1 is 1.09 bits per heavy atom. The lowest BCUT2D eigenvalue weighted by Crippen LogP contribution is -2.31. The predicted octanol–water partition coefficient (Wildman–Crippen LogP) is 5.25. The molecule has 1 unspecified atom stereocenters. The quantitative estimate of drug-likeness (QED) is 0.428. The number of fused-ring (bicyclic) bond motifs is 1. The largest absolute Gasteiger partial charge is 0.496 e. The number of benzene rings is 2. The molecule has 0 aliphatic carbocycles. The number of anilines is 2. The Morgan fingerprint density at radius 2 is 1.85 bits per heavy atom. The number of aromatic nitrogens is 3. The van der Waals surface area contributed by atoms with E-state index < -0.39 is 6.04 Å². The van der Waals surface area contributed by atoms with Crippen LogP contribution in [-0.2, 0) is 4.79 Å². The molecule has 2 aromatic carbocycles. The number of allylic oxidation sites excluding steroid dienone is 1. The molecule has 166 valence electrons. The Kier molecular flexibility index (Phi) is 5.43. The maximum atomic E-state index is 13.5. The molecule has 2 aromatic heterocycles. The number of ether oxygens (including phenoxy) is 1. The lowest BCUT2D eigenvalue weighted by atomic mass is 9.99. The predicted molar refractivity (Wildman–Crippen MR) is 131 cm³/mol. The number of para-hydroxylation sites is 2. The van der Waals surface area contributed by atoms with Crippen LogP contribution in [0.1, 0.15) is 23.4 Å². The molecule has 0 fully saturated rings. The zero-order chi connectivity index (χ0) is 22.9. The van der Waals surface area contributed by atoms with Crippen LogP contribution in [0, 0.1) is 6.92 Å². The number of nitrogens with one attached hydrogen (secondary N) is 2. The van der Waals surface area contributed by atoms with Gasteiger partial charge >= 0.3 is 0 Å². The highest BCUT2D eigenvalue weighted by molar-refractivity contribution is 7.10. The van der Waals surface area contributed by atoms with Crippen molar-refractivity contribution >= 4 is 28.9 Å². The number of methoxy groups -OCH3 is 1. The van der Waals surface area contributed by atoms with Crippen molar-refractivity contribution in [3.63, 3.8) is 0 Å². The van der Waals surface area contributed by atoms with E-state index in [0.29, 0.717) is 23.1 Å². The number of carbonyl (C=O) groups is 1. The van der Waals surface area contributed by atoms with E-state index in [9.17, 15) is 4.79 Å². The van der Waals surface area contributed by atoms with Gasteiger partial charge in [-0.05, 0) is 55.1 Å². The molecule has 0 saturated carbocycles. The van der Waals surface area contributed by atoms with Crippen LogP contribution < -0.4 is 15.4 Å². The number of nitrogens with zero attached hydrogens (tertiary/aromatic N) is 3. The summed E-state index contributed by atoms with van der Waals surface area (Å²) in [6.07, 6.45) is 0. The first-order chi connectivity index (χ1) is 16.1. The summed E-state index contributed by atoms with van der Waals surface area (Å²) in [5.41, 5.74) is 3.98. The van der Waals surface area contributed by atoms with Gasteiger partial charge in [0.15, 0.2) is 5.82 Å². The van der Waals surface area contributed by atoms with Crippen LogP contribution in [0.25, 0.3) is 11.4 Å². The highest BCUT2D eigenvalue weighted by atomic mass is 32.1. The van der Waals surface area contributed by atoms with Crippen LogP contribution in [0.2, 0.25) is 0 Å². The third-order valence-electron chi connectivity index (χ3n) is 5.63. The average molecular weight is 458 g/mol. The van der Waals surface area contributed by atoms with Gasteiger partial charge in [-0.25, -0.2) is 4.68 Å². The molecular weight excluding hydrogens is 434 g/mol. The van der Waals surface area contributed by atoms with Gasteiger partial charge in [-0.3, -0.25) is 4.79 Å². The number of rotatable bonds is 5. The molecule has 3 heterocycles. The summed E-state index contributed by atoms with van der Waals surface area (Å²) in [6.45, 7) is 3.95. The molecule has 7 nitrogen and oxygen atoms in total. The fraction of sp³-hybridized carbons (Fsp3) is 0.160. The zero-order valence-corrected chi connectivity index (χ0v) is 19.3. The lowest BCUT2D eigenvalue weighted by Gasteiger charge is -2.28. The second-order valence-electron chi connectivity index (χ2n) is 7.76. The van der Waals surface area contributed by atoms with Gasteiger partial charge in [0, 0.05) is 16.3 Å². The normalized spacial score (nSPS) is 15.1. The van der Waals surface area contributed by atoms with Crippen molar-refractivity contribution in [1.29, 1.82) is 0 Å². The van der Waals surface area contributed by atoms with E-state index in [0.717, 1.165) is 27.4 Å². The van der Waals surface area contributed by atoms with E-state index in [1.165, 1.54) is 0 Å². The Balaban J connectivity index is 1.62. The Bertz CT molecular complexity index is 1360. The fourth-order valence-corrected chi connectivity index (χ4v) is 5.03. The highest BCUT2D eigenvalue weighted by Crippen LogP contribution is 2.40. The van der Waals surface area contributed by atoms with Gasteiger partial charge in [-0.1, -0.05) is 30.3 Å². The number of amides is 1. The van der Waals surface area contributed by atoms with Gasteiger partial charge in [0.1, 0.15) is 11.8 Å². The zero-order valence-electron chi connectivity index (χ0n) is 18.5. The van der Waals surface area contributed by atoms with Crippen molar-refractivity contribution < 1.29 is 9.53 Å². The topological polar surface area (TPSA) is 81.1 Å². The molecule has 4 aromatic rings. The molecule has 5 rings (SSSR count). The molecule has 2 N–H and O–H groups in total. The van der Waals surface area contributed by atoms with E-state index in [4.69, 9.17) is 14.8 Å². The first-order valence-electron chi connectivity index (χ1n) is 10.5. The smallest absolute Gasteiger partial charge is 0.255 e. The second-order valence-corrected chi connectivity index (χ2v) is 8.71. The first kappa shape index (κ1) is 21.0. The standard InChI is InChI=1S/C25H23N5O2S/c1-15-13-14-33-22(15)21-20(24(31)27-17-9-5-4-6-10-17)16(2)26-25-28-23(29-30(21)25)18-11-7-8-12-19(18)32-3/h4-14,21H,1-3H3,(H,27,31)(H,26,28,29). The summed E-state index contributed by atoms with van der Waals surface area (Å²) in [7, 11) is 1.63. The first-order valence-corrected chi connectivity index (χ1v) is 11.4. The minimum atomic E-state index is -0.402. The van der Waals surface area contributed by atoms with Crippen molar-refractivity contribution in [3.8, 4) is 17.1 Å². The van der Waals surface area contributed by atoms with E-state index in [2.05, 4.69) is 16.7 Å². The summed E-state index contributed by atoms with van der Waals surface area (Å²) in [4.78, 5) is 19.3. The van der Waals surface area contributed by atoms with Crippen molar-refractivity contribution in [2.45, 2.75) is 19.9 Å². The summed E-state index contributed by atoms with van der Waals surface area (Å²) >= 11 is 1.61. The molecule has 0 saturated heterocycles. The Morgan fingerprint density at radius 3 is 2.58 bits per heavy atom. The summed E-state index contributed by atoms with van der Waals surface area (Å²) in [5, 5.41) is 13.2. The molecule has 1 atom stereocenters. The maximum Gasteiger partial charge on any atom is 0.255 e. The van der Waals surface area contributed by atoms with Crippen LogP contribution >= 0.6 is 11.3 Å². The maximum absolute atomic E-state index is 13.5. The Labute approximate surface area is 195 Å². The summed E-state index contributed by atoms with van der Waals surface area (Å²) in [6, 6.07) is 18.7. The highest BCUT2D eigenvalue weighted by Gasteiger charge is 2.36. The third kappa shape index (κ3) is 3.78. The SMILES string of the molecule is COc1ccccc1-c1nc2n(n1)C(c1sccc1C)C(C(=O)Nc1ccccc1)=C(C)N2. The van der Waals surface area contributed by atoms with Crippen LogP contribution in [0.4, 0.5) is 11.6 Å². The minimum absolute atomic E-state index is 0.177. The molecule has 8 heteroatoms. The Hall–Kier alpha value is -3.91. The average Bonchev–Trinajstić information content (AvgIpc) is 3.44. The fourth-order valence-electron chi connectivity index (χ4n) is 4.02. The van der Waals surface area contributed by atoms with Crippen molar-refractivity contribution in [2.24, 2.45) is 0 Å². The van der Waals surface area contributed by atoms with E-state index >= 15 is 0 Å². The molecule has 33 heavy (non-hydrogen) atoms.